The van der Waals surface area contributed by atoms with Gasteiger partial charge in [0.15, 0.2) is 0 Å². The molecule has 2 rings (SSSR count). The Kier molecular flexibility index (Phi) is 6.68. The van der Waals surface area contributed by atoms with Crippen molar-refractivity contribution in [2.45, 2.75) is 16.5 Å². The van der Waals surface area contributed by atoms with Crippen molar-refractivity contribution in [3.8, 4) is 0 Å². The lowest BCUT2D eigenvalue weighted by Crippen LogP contribution is -2.53. The summed E-state index contributed by atoms with van der Waals surface area (Å²) >= 11 is 21.2. The Morgan fingerprint density at radius 1 is 1.22 bits per heavy atom. The molecule has 122 valence electrons. The van der Waals surface area contributed by atoms with E-state index in [0.717, 1.165) is 5.56 Å². The van der Waals surface area contributed by atoms with E-state index in [-0.39, 0.29) is 5.91 Å². The zero-order valence-corrected chi connectivity index (χ0v) is 15.6. The first-order valence-corrected chi connectivity index (χ1v) is 8.55. The predicted molar refractivity (Wildman–Crippen MR) is 96.8 cm³/mol. The molecule has 2 N–H and O–H groups in total. The van der Waals surface area contributed by atoms with E-state index in [9.17, 15) is 4.79 Å². The van der Waals surface area contributed by atoms with Gasteiger partial charge in [0, 0.05) is 23.4 Å². The Bertz CT molecular complexity index is 665. The number of pyridine rings is 1. The maximum atomic E-state index is 12.4. The van der Waals surface area contributed by atoms with Gasteiger partial charge in [0.05, 0.1) is 5.56 Å². The number of nitrogens with zero attached hydrogens (tertiary/aromatic N) is 1. The average Bonchev–Trinajstić information content (AvgIpc) is 2.51. The summed E-state index contributed by atoms with van der Waals surface area (Å²) in [7, 11) is 0. The second-order valence-corrected chi connectivity index (χ2v) is 7.89. The summed E-state index contributed by atoms with van der Waals surface area (Å²) in [5.74, 6) is -0.354. The summed E-state index contributed by atoms with van der Waals surface area (Å²) < 4.78 is -1.05. The zero-order valence-electron chi connectivity index (χ0n) is 11.8. The smallest absolute Gasteiger partial charge is 0.253 e. The molecule has 0 spiro atoms. The molecule has 0 fully saturated rings. The number of nitrogens with one attached hydrogen (secondary N) is 2. The van der Waals surface area contributed by atoms with E-state index in [0.29, 0.717) is 16.6 Å². The zero-order chi connectivity index (χ0) is 16.9. The van der Waals surface area contributed by atoms with Crippen molar-refractivity contribution < 1.29 is 4.79 Å². The predicted octanol–water partition coefficient (Wildman–Crippen LogP) is 4.06. The number of alkyl halides is 3. The van der Waals surface area contributed by atoms with Crippen molar-refractivity contribution >= 4 is 56.6 Å². The van der Waals surface area contributed by atoms with Crippen molar-refractivity contribution in [3.05, 3.63) is 64.4 Å². The van der Waals surface area contributed by atoms with Crippen LogP contribution < -0.4 is 10.6 Å². The molecule has 0 radical (unpaired) electrons. The van der Waals surface area contributed by atoms with Gasteiger partial charge in [-0.2, -0.15) is 0 Å². The summed E-state index contributed by atoms with van der Waals surface area (Å²) in [4.78, 5) is 16.4. The molecule has 1 atom stereocenters. The molecule has 1 heterocycles. The lowest BCUT2D eigenvalue weighted by molar-refractivity contribution is 0.0928. The third-order valence-electron chi connectivity index (χ3n) is 2.95. The highest BCUT2D eigenvalue weighted by molar-refractivity contribution is 9.10. The summed E-state index contributed by atoms with van der Waals surface area (Å²) in [6.07, 6.45) is 2.50. The number of aromatic nitrogens is 1. The number of amides is 1. The minimum Gasteiger partial charge on any atom is -0.333 e. The maximum Gasteiger partial charge on any atom is 0.253 e. The van der Waals surface area contributed by atoms with Crippen LogP contribution in [0.3, 0.4) is 0 Å². The molecule has 23 heavy (non-hydrogen) atoms. The molecule has 0 unspecified atom stereocenters. The molecule has 0 aliphatic heterocycles. The molecule has 1 amide bonds. The standard InChI is InChI=1S/C15H13BrCl3N3O/c16-12-6-2-1-5-11(12)13(23)22-14(15(17,18)19)21-9-10-4-3-7-20-8-10/h1-8,14,21H,9H2,(H,22,23)/t14-/m1/s1. The minimum atomic E-state index is -1.71. The van der Waals surface area contributed by atoms with Crippen LogP contribution in [0.5, 0.6) is 0 Å². The van der Waals surface area contributed by atoms with Gasteiger partial charge in [-0.3, -0.25) is 15.1 Å². The van der Waals surface area contributed by atoms with Crippen molar-refractivity contribution in [1.82, 2.24) is 15.6 Å². The van der Waals surface area contributed by atoms with Crippen LogP contribution in [0.2, 0.25) is 0 Å². The van der Waals surface area contributed by atoms with Gasteiger partial charge in [0.25, 0.3) is 5.91 Å². The fourth-order valence-electron chi connectivity index (χ4n) is 1.83. The average molecular weight is 438 g/mol. The topological polar surface area (TPSA) is 54.0 Å². The van der Waals surface area contributed by atoms with Crippen LogP contribution in [0.4, 0.5) is 0 Å². The molecule has 1 aromatic carbocycles. The van der Waals surface area contributed by atoms with Gasteiger partial charge >= 0.3 is 0 Å². The third-order valence-corrected chi connectivity index (χ3v) is 4.30. The minimum absolute atomic E-state index is 0.354. The van der Waals surface area contributed by atoms with Gasteiger partial charge in [-0.1, -0.05) is 53.0 Å². The molecule has 0 aliphatic carbocycles. The van der Waals surface area contributed by atoms with Crippen LogP contribution >= 0.6 is 50.7 Å². The Labute approximate surface area is 157 Å². The van der Waals surface area contributed by atoms with Crippen LogP contribution in [0.25, 0.3) is 0 Å². The lowest BCUT2D eigenvalue weighted by Gasteiger charge is -2.26. The highest BCUT2D eigenvalue weighted by Crippen LogP contribution is 2.29. The number of benzene rings is 1. The summed E-state index contributed by atoms with van der Waals surface area (Å²) in [6.45, 7) is 0.392. The van der Waals surface area contributed by atoms with Crippen LogP contribution in [0.1, 0.15) is 15.9 Å². The molecular formula is C15H13BrCl3N3O. The van der Waals surface area contributed by atoms with E-state index in [1.165, 1.54) is 0 Å². The molecule has 2 aromatic rings. The van der Waals surface area contributed by atoms with Crippen LogP contribution in [-0.2, 0) is 6.54 Å². The summed E-state index contributed by atoms with van der Waals surface area (Å²) in [5.41, 5.74) is 1.36. The van der Waals surface area contributed by atoms with E-state index >= 15 is 0 Å². The fraction of sp³-hybridized carbons (Fsp3) is 0.200. The van der Waals surface area contributed by atoms with Crippen molar-refractivity contribution in [3.63, 3.8) is 0 Å². The largest absolute Gasteiger partial charge is 0.333 e. The SMILES string of the molecule is O=C(N[C@@H](NCc1cccnc1)C(Cl)(Cl)Cl)c1ccccc1Br. The monoisotopic (exact) mass is 435 g/mol. The Morgan fingerprint density at radius 2 is 1.96 bits per heavy atom. The maximum absolute atomic E-state index is 12.4. The van der Waals surface area contributed by atoms with Crippen LogP contribution in [0.15, 0.2) is 53.3 Å². The van der Waals surface area contributed by atoms with E-state index < -0.39 is 9.96 Å². The molecule has 0 saturated heterocycles. The Morgan fingerprint density at radius 3 is 2.57 bits per heavy atom. The second-order valence-electron chi connectivity index (χ2n) is 4.67. The number of rotatable bonds is 5. The summed E-state index contributed by atoms with van der Waals surface area (Å²) in [5, 5.41) is 5.70. The van der Waals surface area contributed by atoms with E-state index in [2.05, 4.69) is 31.5 Å². The molecule has 1 aromatic heterocycles. The molecule has 0 aliphatic rings. The fourth-order valence-corrected chi connectivity index (χ4v) is 2.69. The van der Waals surface area contributed by atoms with Gasteiger partial charge in [0.1, 0.15) is 6.17 Å². The van der Waals surface area contributed by atoms with Gasteiger partial charge < -0.3 is 5.32 Å². The summed E-state index contributed by atoms with van der Waals surface area (Å²) in [6, 6.07) is 10.7. The highest BCUT2D eigenvalue weighted by Gasteiger charge is 2.34. The number of halogens is 4. The number of hydrogen-bond acceptors (Lipinski definition) is 3. The molecule has 8 heteroatoms. The third kappa shape index (κ3) is 5.62. The van der Waals surface area contributed by atoms with Gasteiger partial charge in [-0.05, 0) is 39.7 Å². The van der Waals surface area contributed by atoms with Crippen LogP contribution in [0, 0.1) is 0 Å². The molecule has 0 bridgehead atoms. The Hall–Kier alpha value is -0.850. The Balaban J connectivity index is 2.07. The first kappa shape index (κ1) is 18.5. The van der Waals surface area contributed by atoms with Crippen LogP contribution in [-0.4, -0.2) is 20.8 Å². The lowest BCUT2D eigenvalue weighted by atomic mass is 10.2. The molecule has 4 nitrogen and oxygen atoms in total. The van der Waals surface area contributed by atoms with Crippen molar-refractivity contribution in [2.75, 3.05) is 0 Å². The van der Waals surface area contributed by atoms with E-state index in [1.54, 1.807) is 36.7 Å². The van der Waals surface area contributed by atoms with Gasteiger partial charge in [0.2, 0.25) is 3.79 Å². The molecule has 0 saturated carbocycles. The number of carbonyl (C=O) groups is 1. The first-order valence-electron chi connectivity index (χ1n) is 6.62. The normalized spacial score (nSPS) is 12.7. The first-order chi connectivity index (χ1) is 10.9. The quantitative estimate of drug-likeness (QED) is 0.548. The van der Waals surface area contributed by atoms with Crippen molar-refractivity contribution in [1.29, 1.82) is 0 Å². The van der Waals surface area contributed by atoms with Gasteiger partial charge in [-0.25, -0.2) is 0 Å². The van der Waals surface area contributed by atoms with Crippen molar-refractivity contribution in [2.24, 2.45) is 0 Å². The van der Waals surface area contributed by atoms with E-state index in [4.69, 9.17) is 34.8 Å². The van der Waals surface area contributed by atoms with E-state index in [1.807, 2.05) is 12.1 Å². The number of carbonyl (C=O) groups excluding carboxylic acids is 1. The van der Waals surface area contributed by atoms with Gasteiger partial charge in [-0.15, -0.1) is 0 Å². The molecular weight excluding hydrogens is 424 g/mol. The number of hydrogen-bond donors (Lipinski definition) is 2. The second kappa shape index (κ2) is 8.31. The highest BCUT2D eigenvalue weighted by atomic mass is 79.9.